The molecule has 0 amide bonds. The van der Waals surface area contributed by atoms with Gasteiger partial charge >= 0.3 is 0 Å². The molecule has 1 atom stereocenters. The molecule has 1 rings (SSSR count). The van der Waals surface area contributed by atoms with E-state index in [4.69, 9.17) is 22.1 Å². The van der Waals surface area contributed by atoms with E-state index in [-0.39, 0.29) is 0 Å². The third-order valence-electron chi connectivity index (χ3n) is 2.21. The van der Waals surface area contributed by atoms with Crippen molar-refractivity contribution in [2.75, 3.05) is 30.5 Å². The van der Waals surface area contributed by atoms with Gasteiger partial charge in [-0.15, -0.1) is 0 Å². The largest absolute Gasteiger partial charge is 0.455 e. The van der Waals surface area contributed by atoms with Crippen LogP contribution in [-0.2, 0) is 11.8 Å². The molecule has 0 heterocycles. The maximum absolute atomic E-state index is 5.90. The Bertz CT molecular complexity index is 404. The average molecular weight is 276 g/mol. The number of nitrogen functional groups attached to an aromatic ring is 1. The van der Waals surface area contributed by atoms with Crippen molar-refractivity contribution in [1.82, 2.24) is 0 Å². The fourth-order valence-electron chi connectivity index (χ4n) is 1.15. The molecule has 0 aliphatic carbocycles. The molecule has 0 unspecified atom stereocenters. The minimum atomic E-state index is -1.82. The van der Waals surface area contributed by atoms with E-state index in [9.17, 15) is 0 Å². The molecule has 90 valence electrons. The first kappa shape index (κ1) is 13.7. The highest BCUT2D eigenvalue weighted by molar-refractivity contribution is 8.69. The maximum atomic E-state index is 5.90. The third kappa shape index (κ3) is 3.30. The second kappa shape index (κ2) is 5.80. The fourth-order valence-corrected chi connectivity index (χ4v) is 3.55. The van der Waals surface area contributed by atoms with Crippen LogP contribution in [-0.4, -0.2) is 19.5 Å². The molecule has 0 saturated carbocycles. The zero-order valence-corrected chi connectivity index (χ0v) is 12.2. The molecule has 3 N–H and O–H groups in total. The molecule has 16 heavy (non-hydrogen) atoms. The smallest absolute Gasteiger partial charge is 0.167 e. The first-order chi connectivity index (χ1) is 7.54. The molecular formula is C10H17N2OPS2. The third-order valence-corrected chi connectivity index (χ3v) is 9.02. The summed E-state index contributed by atoms with van der Waals surface area (Å²) in [6, 6.07) is 5.63. The summed E-state index contributed by atoms with van der Waals surface area (Å²) >= 11 is 7.12. The highest BCUT2D eigenvalue weighted by atomic mass is 32.9. The molecular weight excluding hydrogens is 259 g/mol. The van der Waals surface area contributed by atoms with Gasteiger partial charge in [-0.2, -0.15) is 0 Å². The van der Waals surface area contributed by atoms with E-state index in [0.29, 0.717) is 11.4 Å². The van der Waals surface area contributed by atoms with Crippen LogP contribution in [0.4, 0.5) is 11.4 Å². The Morgan fingerprint density at radius 2 is 2.25 bits per heavy atom. The quantitative estimate of drug-likeness (QED) is 0.637. The Morgan fingerprint density at radius 1 is 1.56 bits per heavy atom. The Balaban J connectivity index is 3.00. The van der Waals surface area contributed by atoms with Crippen LogP contribution in [0.5, 0.6) is 5.75 Å². The Hall–Kier alpha value is -0.380. The normalized spacial score (nSPS) is 14.2. The van der Waals surface area contributed by atoms with Crippen molar-refractivity contribution in [2.45, 2.75) is 6.92 Å². The van der Waals surface area contributed by atoms with Gasteiger partial charge in [0.2, 0.25) is 0 Å². The van der Waals surface area contributed by atoms with Gasteiger partial charge in [0.1, 0.15) is 5.75 Å². The second-order valence-corrected chi connectivity index (χ2v) is 10.9. The molecule has 0 radical (unpaired) electrons. The molecule has 6 heteroatoms. The molecule has 0 fully saturated rings. The summed E-state index contributed by atoms with van der Waals surface area (Å²) < 4.78 is 5.90. The van der Waals surface area contributed by atoms with Crippen molar-refractivity contribution in [3.8, 4) is 5.75 Å². The Kier molecular flexibility index (Phi) is 4.96. The Morgan fingerprint density at radius 3 is 2.75 bits per heavy atom. The van der Waals surface area contributed by atoms with E-state index in [1.54, 1.807) is 11.4 Å². The number of nitrogens with two attached hydrogens (primary N) is 1. The lowest BCUT2D eigenvalue weighted by Crippen LogP contribution is -1.97. The zero-order chi connectivity index (χ0) is 12.2. The van der Waals surface area contributed by atoms with Crippen LogP contribution in [0.2, 0.25) is 0 Å². The fraction of sp³-hybridized carbons (Fsp3) is 0.400. The number of nitrogens with one attached hydrogen (secondary N) is 1. The number of hydrogen-bond acceptors (Lipinski definition) is 5. The summed E-state index contributed by atoms with van der Waals surface area (Å²) in [4.78, 5) is 0. The van der Waals surface area contributed by atoms with Gasteiger partial charge in [-0.1, -0.05) is 18.3 Å². The molecule has 0 spiro atoms. The van der Waals surface area contributed by atoms with Gasteiger partial charge in [0.15, 0.2) is 5.47 Å². The van der Waals surface area contributed by atoms with Crippen LogP contribution in [0.15, 0.2) is 18.2 Å². The molecule has 0 bridgehead atoms. The van der Waals surface area contributed by atoms with Crippen molar-refractivity contribution in [2.24, 2.45) is 0 Å². The number of benzene rings is 1. The lowest BCUT2D eigenvalue weighted by Gasteiger charge is -2.20. The van der Waals surface area contributed by atoms with E-state index >= 15 is 0 Å². The van der Waals surface area contributed by atoms with Crippen molar-refractivity contribution >= 4 is 40.0 Å². The average Bonchev–Trinajstić information content (AvgIpc) is 2.32. The minimum absolute atomic E-state index is 0.635. The van der Waals surface area contributed by atoms with Gasteiger partial charge in [0, 0.05) is 25.0 Å². The van der Waals surface area contributed by atoms with Gasteiger partial charge in [-0.05, 0) is 30.2 Å². The van der Waals surface area contributed by atoms with Crippen LogP contribution < -0.4 is 15.6 Å². The standard InChI is InChI=1S/C10H17N2OPS2/c1-4-14(15,16-3)13-10-7-8(12-2)5-6-9(10)11/h5-7,12H,4,11H2,1-3H3/t14-/m0/s1. The van der Waals surface area contributed by atoms with E-state index in [1.807, 2.05) is 31.5 Å². The highest BCUT2D eigenvalue weighted by Crippen LogP contribution is 2.58. The second-order valence-electron chi connectivity index (χ2n) is 3.20. The monoisotopic (exact) mass is 276 g/mol. The molecule has 0 aliphatic rings. The van der Waals surface area contributed by atoms with Gasteiger partial charge in [0.25, 0.3) is 0 Å². The van der Waals surface area contributed by atoms with E-state index in [0.717, 1.165) is 11.8 Å². The summed E-state index contributed by atoms with van der Waals surface area (Å²) in [5, 5.41) is 3.05. The van der Waals surface area contributed by atoms with Gasteiger partial charge in [0.05, 0.1) is 5.69 Å². The maximum Gasteiger partial charge on any atom is 0.167 e. The van der Waals surface area contributed by atoms with Crippen LogP contribution in [0.1, 0.15) is 6.92 Å². The van der Waals surface area contributed by atoms with Crippen molar-refractivity contribution in [3.63, 3.8) is 0 Å². The number of anilines is 2. The number of hydrogen-bond donors (Lipinski definition) is 2. The topological polar surface area (TPSA) is 47.3 Å². The molecule has 3 nitrogen and oxygen atoms in total. The summed E-state index contributed by atoms with van der Waals surface area (Å²) in [5.74, 6) is 0.686. The van der Waals surface area contributed by atoms with E-state index in [2.05, 4.69) is 12.2 Å². The van der Waals surface area contributed by atoms with Crippen molar-refractivity contribution in [1.29, 1.82) is 0 Å². The summed E-state index contributed by atoms with van der Waals surface area (Å²) in [6.45, 7) is 2.05. The molecule has 0 aliphatic heterocycles. The summed E-state index contributed by atoms with van der Waals surface area (Å²) in [7, 11) is 1.86. The van der Waals surface area contributed by atoms with Crippen molar-refractivity contribution < 1.29 is 4.52 Å². The SMILES string of the molecule is CC[P@@](=S)(Oc1cc(NC)ccc1N)SC. The molecule has 1 aromatic rings. The van der Waals surface area contributed by atoms with Gasteiger partial charge < -0.3 is 15.6 Å². The summed E-state index contributed by atoms with van der Waals surface area (Å²) in [6.07, 6.45) is 2.84. The molecule has 0 saturated heterocycles. The molecule has 1 aromatic carbocycles. The van der Waals surface area contributed by atoms with Crippen molar-refractivity contribution in [3.05, 3.63) is 18.2 Å². The minimum Gasteiger partial charge on any atom is -0.455 e. The van der Waals surface area contributed by atoms with Gasteiger partial charge in [-0.25, -0.2) is 0 Å². The van der Waals surface area contributed by atoms with Crippen LogP contribution >= 0.6 is 16.8 Å². The highest BCUT2D eigenvalue weighted by Gasteiger charge is 2.16. The van der Waals surface area contributed by atoms with E-state index in [1.165, 1.54) is 0 Å². The van der Waals surface area contributed by atoms with Gasteiger partial charge in [-0.3, -0.25) is 0 Å². The number of rotatable bonds is 5. The van der Waals surface area contributed by atoms with Crippen LogP contribution in [0.25, 0.3) is 0 Å². The first-order valence-electron chi connectivity index (χ1n) is 4.96. The molecule has 0 aromatic heterocycles. The first-order valence-corrected chi connectivity index (χ1v) is 9.70. The summed E-state index contributed by atoms with van der Waals surface area (Å²) in [5.41, 5.74) is 5.66. The van der Waals surface area contributed by atoms with Crippen LogP contribution in [0.3, 0.4) is 0 Å². The zero-order valence-electron chi connectivity index (χ0n) is 9.69. The lowest BCUT2D eigenvalue weighted by atomic mass is 10.2. The van der Waals surface area contributed by atoms with E-state index < -0.39 is 5.47 Å². The van der Waals surface area contributed by atoms with Crippen LogP contribution in [0, 0.1) is 0 Å². The predicted molar refractivity (Wildman–Crippen MR) is 79.4 cm³/mol. The lowest BCUT2D eigenvalue weighted by molar-refractivity contribution is 0.629. The predicted octanol–water partition coefficient (Wildman–Crippen LogP) is 3.38. The Labute approximate surface area is 106 Å².